The summed E-state index contributed by atoms with van der Waals surface area (Å²) in [6.45, 7) is 0.828. The van der Waals surface area contributed by atoms with Crippen molar-refractivity contribution in [3.8, 4) is 5.75 Å². The minimum Gasteiger partial charge on any atom is -0.497 e. The first-order valence-electron chi connectivity index (χ1n) is 10.6. The monoisotopic (exact) mass is 481 g/mol. The summed E-state index contributed by atoms with van der Waals surface area (Å²) in [5.74, 6) is 0.647. The first-order valence-corrected chi connectivity index (χ1v) is 11.0. The van der Waals surface area contributed by atoms with Crippen molar-refractivity contribution >= 4 is 40.6 Å². The average Bonchev–Trinajstić information content (AvgIpc) is 2.83. The molecule has 1 heterocycles. The molecule has 3 aromatic rings. The summed E-state index contributed by atoms with van der Waals surface area (Å²) in [5.41, 5.74) is 2.88. The number of carbonyl (C=O) groups is 2. The Balaban J connectivity index is 1.71. The lowest BCUT2D eigenvalue weighted by molar-refractivity contribution is -0.118. The molecule has 2 N–H and O–H groups in total. The highest BCUT2D eigenvalue weighted by molar-refractivity contribution is 6.30. The van der Waals surface area contributed by atoms with Crippen molar-refractivity contribution in [1.82, 2.24) is 9.88 Å². The van der Waals surface area contributed by atoms with Gasteiger partial charge in [-0.2, -0.15) is 0 Å². The molecule has 0 aliphatic rings. The van der Waals surface area contributed by atoms with Crippen molar-refractivity contribution in [2.45, 2.75) is 6.54 Å². The lowest BCUT2D eigenvalue weighted by Crippen LogP contribution is -2.34. The molecule has 0 radical (unpaired) electrons. The first kappa shape index (κ1) is 25.0. The molecule has 0 atom stereocenters. The molecular weight excluding hydrogens is 454 g/mol. The molecule has 0 aliphatic heterocycles. The Labute approximate surface area is 204 Å². The number of pyridine rings is 1. The highest BCUT2D eigenvalue weighted by Gasteiger charge is 2.15. The number of halogens is 1. The molecule has 0 fully saturated rings. The van der Waals surface area contributed by atoms with Crippen LogP contribution >= 0.6 is 11.6 Å². The number of aromatic nitrogens is 1. The van der Waals surface area contributed by atoms with Crippen LogP contribution in [0.3, 0.4) is 0 Å². The summed E-state index contributed by atoms with van der Waals surface area (Å²) < 4.78 is 5.29. The quantitative estimate of drug-likeness (QED) is 0.478. The Bertz CT molecular complexity index is 1130. The molecule has 1 aromatic heterocycles. The maximum absolute atomic E-state index is 12.9. The number of ether oxygens (including phenoxy) is 1. The van der Waals surface area contributed by atoms with Crippen LogP contribution in [0.25, 0.3) is 0 Å². The fourth-order valence-corrected chi connectivity index (χ4v) is 3.29. The van der Waals surface area contributed by atoms with Crippen LogP contribution in [0, 0.1) is 0 Å². The molecule has 8 nitrogen and oxygen atoms in total. The Morgan fingerprint density at radius 2 is 1.76 bits per heavy atom. The van der Waals surface area contributed by atoms with Gasteiger partial charge in [0, 0.05) is 31.2 Å². The van der Waals surface area contributed by atoms with Gasteiger partial charge in [0.1, 0.15) is 11.6 Å². The van der Waals surface area contributed by atoms with Crippen LogP contribution in [0.1, 0.15) is 15.9 Å². The molecule has 0 unspecified atom stereocenters. The van der Waals surface area contributed by atoms with Gasteiger partial charge in [-0.1, -0.05) is 23.7 Å². The zero-order chi connectivity index (χ0) is 24.7. The van der Waals surface area contributed by atoms with Crippen molar-refractivity contribution in [1.29, 1.82) is 0 Å². The number of nitrogens with zero attached hydrogens (tertiary/aromatic N) is 3. The van der Waals surface area contributed by atoms with Crippen molar-refractivity contribution in [2.24, 2.45) is 0 Å². The number of anilines is 3. The second-order valence-corrected chi connectivity index (χ2v) is 8.37. The van der Waals surface area contributed by atoms with Crippen LogP contribution in [-0.4, -0.2) is 56.5 Å². The minimum atomic E-state index is -0.326. The van der Waals surface area contributed by atoms with E-state index < -0.39 is 0 Å². The number of benzene rings is 2. The smallest absolute Gasteiger partial charge is 0.259 e. The van der Waals surface area contributed by atoms with Crippen LogP contribution in [0.4, 0.5) is 17.2 Å². The number of likely N-dealkylation sites (N-methyl/N-ethyl adjacent to an activating group) is 2. The van der Waals surface area contributed by atoms with Gasteiger partial charge in [-0.05, 0) is 62.1 Å². The molecule has 178 valence electrons. The molecule has 2 aromatic carbocycles. The normalized spacial score (nSPS) is 10.6. The Morgan fingerprint density at radius 3 is 2.38 bits per heavy atom. The lowest BCUT2D eigenvalue weighted by atomic mass is 10.1. The molecule has 2 amide bonds. The van der Waals surface area contributed by atoms with E-state index in [9.17, 15) is 9.59 Å². The topological polar surface area (TPSA) is 86.8 Å². The highest BCUT2D eigenvalue weighted by Crippen LogP contribution is 2.24. The molecule has 9 heteroatoms. The molecule has 3 rings (SSSR count). The van der Waals surface area contributed by atoms with Crippen molar-refractivity contribution < 1.29 is 14.3 Å². The summed E-state index contributed by atoms with van der Waals surface area (Å²) in [4.78, 5) is 32.8. The van der Waals surface area contributed by atoms with E-state index in [0.717, 1.165) is 11.3 Å². The second-order valence-electron chi connectivity index (χ2n) is 7.94. The average molecular weight is 482 g/mol. The van der Waals surface area contributed by atoms with Crippen LogP contribution in [0.2, 0.25) is 5.02 Å². The van der Waals surface area contributed by atoms with Crippen LogP contribution in [-0.2, 0) is 11.3 Å². The van der Waals surface area contributed by atoms with Crippen molar-refractivity contribution in [3.63, 3.8) is 0 Å². The number of nitrogens with one attached hydrogen (secondary N) is 2. The molecular formula is C25H28ClN5O3. The Hall–Kier alpha value is -3.62. The summed E-state index contributed by atoms with van der Waals surface area (Å²) in [5, 5.41) is 6.57. The van der Waals surface area contributed by atoms with Crippen molar-refractivity contribution in [3.05, 3.63) is 76.9 Å². The highest BCUT2D eigenvalue weighted by atomic mass is 35.5. The maximum Gasteiger partial charge on any atom is 0.259 e. The number of hydrogen-bond acceptors (Lipinski definition) is 6. The van der Waals surface area contributed by atoms with Gasteiger partial charge in [-0.15, -0.1) is 0 Å². The lowest BCUT2D eigenvalue weighted by Gasteiger charge is -2.20. The third-order valence-corrected chi connectivity index (χ3v) is 5.30. The van der Waals surface area contributed by atoms with Gasteiger partial charge in [0.25, 0.3) is 5.91 Å². The van der Waals surface area contributed by atoms with Crippen LogP contribution in [0.15, 0.2) is 60.8 Å². The van der Waals surface area contributed by atoms with Gasteiger partial charge in [-0.25, -0.2) is 4.98 Å². The number of amides is 2. The summed E-state index contributed by atoms with van der Waals surface area (Å²) in [6, 6.07) is 16.2. The van der Waals surface area contributed by atoms with E-state index in [0.29, 0.717) is 40.9 Å². The summed E-state index contributed by atoms with van der Waals surface area (Å²) >= 11 is 5.87. The molecule has 0 saturated carbocycles. The standard InChI is InChI=1S/C25H28ClN5O3/c1-30(2)16-24(32)31(3)19-8-5-17(6-9-19)14-27-22-11-10-20(34-4)13-21(22)25(33)29-23-12-7-18(26)15-28-23/h5-13,15,27H,14,16H2,1-4H3,(H,28,29,33). The fraction of sp³-hybridized carbons (Fsp3) is 0.240. The summed E-state index contributed by atoms with van der Waals surface area (Å²) in [7, 11) is 7.03. The van der Waals surface area contributed by atoms with E-state index in [1.807, 2.05) is 43.3 Å². The Morgan fingerprint density at radius 1 is 1.03 bits per heavy atom. The van der Waals surface area contributed by atoms with Gasteiger partial charge in [0.05, 0.1) is 24.2 Å². The third-order valence-electron chi connectivity index (χ3n) is 5.07. The zero-order valence-electron chi connectivity index (χ0n) is 19.6. The van der Waals surface area contributed by atoms with E-state index in [2.05, 4.69) is 15.6 Å². The van der Waals surface area contributed by atoms with E-state index in [-0.39, 0.29) is 11.8 Å². The SMILES string of the molecule is COc1ccc(NCc2ccc(N(C)C(=O)CN(C)C)cc2)c(C(=O)Nc2ccc(Cl)cn2)c1. The fourth-order valence-electron chi connectivity index (χ4n) is 3.18. The molecule has 0 spiro atoms. The summed E-state index contributed by atoms with van der Waals surface area (Å²) in [6.07, 6.45) is 1.47. The predicted molar refractivity (Wildman–Crippen MR) is 136 cm³/mol. The second kappa shape index (κ2) is 11.5. The van der Waals surface area contributed by atoms with Gasteiger partial charge in [0.15, 0.2) is 0 Å². The van der Waals surface area contributed by atoms with Crippen LogP contribution in [0.5, 0.6) is 5.75 Å². The number of rotatable bonds is 9. The number of carbonyl (C=O) groups excluding carboxylic acids is 2. The molecule has 0 aliphatic carbocycles. The number of hydrogen-bond donors (Lipinski definition) is 2. The first-order chi connectivity index (χ1) is 16.3. The van der Waals surface area contributed by atoms with Crippen molar-refractivity contribution in [2.75, 3.05) is 50.3 Å². The van der Waals surface area contributed by atoms with Gasteiger partial charge < -0.3 is 25.2 Å². The minimum absolute atomic E-state index is 0.0138. The predicted octanol–water partition coefficient (Wildman–Crippen LogP) is 4.13. The molecule has 34 heavy (non-hydrogen) atoms. The third kappa shape index (κ3) is 6.69. The molecule has 0 saturated heterocycles. The zero-order valence-corrected chi connectivity index (χ0v) is 20.4. The van der Waals surface area contributed by atoms with Gasteiger partial charge >= 0.3 is 0 Å². The van der Waals surface area contributed by atoms with Gasteiger partial charge in [-0.3, -0.25) is 9.59 Å². The Kier molecular flexibility index (Phi) is 8.45. The van der Waals surface area contributed by atoms with E-state index in [1.54, 1.807) is 49.4 Å². The maximum atomic E-state index is 12.9. The molecule has 0 bridgehead atoms. The van der Waals surface area contributed by atoms with Crippen LogP contribution < -0.4 is 20.3 Å². The number of methoxy groups -OCH3 is 1. The van der Waals surface area contributed by atoms with E-state index >= 15 is 0 Å². The van der Waals surface area contributed by atoms with E-state index in [1.165, 1.54) is 6.20 Å². The van der Waals surface area contributed by atoms with Gasteiger partial charge in [0.2, 0.25) is 5.91 Å². The largest absolute Gasteiger partial charge is 0.497 e. The van der Waals surface area contributed by atoms with E-state index in [4.69, 9.17) is 16.3 Å².